The zero-order chi connectivity index (χ0) is 10.6. The maximum Gasteiger partial charge on any atom is 0.435 e. The van der Waals surface area contributed by atoms with Gasteiger partial charge in [0.05, 0.1) is 0 Å². The summed E-state index contributed by atoms with van der Waals surface area (Å²) in [5, 5.41) is 8.30. The van der Waals surface area contributed by atoms with Crippen LogP contribution in [0, 0.1) is 0 Å². The summed E-state index contributed by atoms with van der Waals surface area (Å²) < 4.78 is 36.2. The van der Waals surface area contributed by atoms with E-state index in [0.717, 1.165) is 6.07 Å². The zero-order valence-corrected chi connectivity index (χ0v) is 7.36. The number of hydrogen-bond acceptors (Lipinski definition) is 3. The number of nitrogens with two attached hydrogens (primary N) is 1. The molecule has 0 aliphatic rings. The summed E-state index contributed by atoms with van der Waals surface area (Å²) in [7, 11) is 0. The summed E-state index contributed by atoms with van der Waals surface area (Å²) in [6, 6.07) is 0.976. The number of hydrogen-bond donors (Lipinski definition) is 3. The van der Waals surface area contributed by atoms with Crippen LogP contribution in [0.4, 0.5) is 13.2 Å². The van der Waals surface area contributed by atoms with Crippen LogP contribution in [0.3, 0.4) is 0 Å². The van der Waals surface area contributed by atoms with Gasteiger partial charge < -0.3 is 11.1 Å². The summed E-state index contributed by atoms with van der Waals surface area (Å²) in [6.45, 7) is 1.31. The first kappa shape index (κ1) is 11.0. The number of nitrogens with zero attached hydrogens (tertiary/aromatic N) is 1. The van der Waals surface area contributed by atoms with Crippen LogP contribution in [0.1, 0.15) is 11.4 Å². The van der Waals surface area contributed by atoms with Gasteiger partial charge >= 0.3 is 6.18 Å². The van der Waals surface area contributed by atoms with Crippen LogP contribution in [0.15, 0.2) is 6.07 Å². The Morgan fingerprint density at radius 1 is 1.50 bits per heavy atom. The van der Waals surface area contributed by atoms with Crippen molar-refractivity contribution in [2.24, 2.45) is 5.73 Å². The Morgan fingerprint density at radius 3 is 2.71 bits per heavy atom. The quantitative estimate of drug-likeness (QED) is 0.630. The van der Waals surface area contributed by atoms with Crippen molar-refractivity contribution in [2.45, 2.75) is 12.7 Å². The van der Waals surface area contributed by atoms with Crippen molar-refractivity contribution >= 4 is 0 Å². The van der Waals surface area contributed by atoms with Gasteiger partial charge in [0.25, 0.3) is 0 Å². The molecule has 4 nitrogen and oxygen atoms in total. The first-order chi connectivity index (χ1) is 6.54. The number of nitrogens with one attached hydrogen (secondary N) is 2. The summed E-state index contributed by atoms with van der Waals surface area (Å²) >= 11 is 0. The van der Waals surface area contributed by atoms with Crippen molar-refractivity contribution in [2.75, 3.05) is 13.1 Å². The highest BCUT2D eigenvalue weighted by molar-refractivity contribution is 5.11. The lowest BCUT2D eigenvalue weighted by atomic mass is 10.3. The first-order valence-corrected chi connectivity index (χ1v) is 4.06. The molecule has 0 radical (unpaired) electrons. The minimum absolute atomic E-state index is 0.306. The van der Waals surface area contributed by atoms with Crippen molar-refractivity contribution < 1.29 is 13.2 Å². The molecule has 1 heterocycles. The third kappa shape index (κ3) is 3.00. The van der Waals surface area contributed by atoms with Crippen LogP contribution >= 0.6 is 0 Å². The number of aromatic amines is 1. The van der Waals surface area contributed by atoms with Gasteiger partial charge in [-0.05, 0) is 6.07 Å². The molecular formula is C7H11F3N4. The van der Waals surface area contributed by atoms with E-state index in [1.807, 2.05) is 0 Å². The average molecular weight is 208 g/mol. The molecule has 7 heteroatoms. The number of aromatic nitrogens is 2. The zero-order valence-electron chi connectivity index (χ0n) is 7.36. The Kier molecular flexibility index (Phi) is 3.48. The second-order valence-electron chi connectivity index (χ2n) is 2.74. The smallest absolute Gasteiger partial charge is 0.329 e. The van der Waals surface area contributed by atoms with E-state index in [9.17, 15) is 13.2 Å². The molecule has 0 aliphatic heterocycles. The molecule has 0 unspecified atom stereocenters. The van der Waals surface area contributed by atoms with Crippen molar-refractivity contribution in [1.29, 1.82) is 0 Å². The molecule has 1 rings (SSSR count). The molecule has 0 atom stereocenters. The largest absolute Gasteiger partial charge is 0.435 e. The molecule has 0 saturated heterocycles. The van der Waals surface area contributed by atoms with Crippen LogP contribution < -0.4 is 11.1 Å². The van der Waals surface area contributed by atoms with Gasteiger partial charge in [-0.3, -0.25) is 5.10 Å². The van der Waals surface area contributed by atoms with Crippen LogP contribution in [0.2, 0.25) is 0 Å². The third-order valence-corrected chi connectivity index (χ3v) is 1.56. The molecule has 0 bridgehead atoms. The SMILES string of the molecule is NCCNCc1cc(C(F)(F)F)n[nH]1. The fourth-order valence-electron chi connectivity index (χ4n) is 0.923. The summed E-state index contributed by atoms with van der Waals surface area (Å²) in [4.78, 5) is 0. The third-order valence-electron chi connectivity index (χ3n) is 1.56. The van der Waals surface area contributed by atoms with Gasteiger partial charge in [-0.15, -0.1) is 0 Å². The van der Waals surface area contributed by atoms with E-state index >= 15 is 0 Å². The predicted octanol–water partition coefficient (Wildman–Crippen LogP) is 0.477. The molecule has 0 fully saturated rings. The topological polar surface area (TPSA) is 66.7 Å². The van der Waals surface area contributed by atoms with Crippen LogP contribution in [0.25, 0.3) is 0 Å². The van der Waals surface area contributed by atoms with Gasteiger partial charge in [-0.2, -0.15) is 18.3 Å². The van der Waals surface area contributed by atoms with E-state index < -0.39 is 11.9 Å². The average Bonchev–Trinajstić information content (AvgIpc) is 2.52. The number of halogens is 3. The van der Waals surface area contributed by atoms with Crippen molar-refractivity contribution in [3.8, 4) is 0 Å². The van der Waals surface area contributed by atoms with E-state index in [4.69, 9.17) is 5.73 Å². The molecule has 0 amide bonds. The molecule has 0 spiro atoms. The van der Waals surface area contributed by atoms with Crippen molar-refractivity contribution in [1.82, 2.24) is 15.5 Å². The van der Waals surface area contributed by atoms with E-state index in [1.54, 1.807) is 0 Å². The minimum atomic E-state index is -4.39. The van der Waals surface area contributed by atoms with Crippen molar-refractivity contribution in [3.63, 3.8) is 0 Å². The number of alkyl halides is 3. The Hall–Kier alpha value is -1.08. The molecule has 1 aromatic heterocycles. The molecular weight excluding hydrogens is 197 g/mol. The van der Waals surface area contributed by atoms with Crippen LogP contribution in [-0.2, 0) is 12.7 Å². The van der Waals surface area contributed by atoms with Gasteiger partial charge in [-0.1, -0.05) is 0 Å². The lowest BCUT2D eigenvalue weighted by molar-refractivity contribution is -0.141. The Labute approximate surface area is 78.7 Å². The Bertz CT molecular complexity index is 281. The van der Waals surface area contributed by atoms with Gasteiger partial charge in [0.2, 0.25) is 0 Å². The number of rotatable bonds is 4. The van der Waals surface area contributed by atoms with E-state index in [-0.39, 0.29) is 0 Å². The molecule has 0 saturated carbocycles. The first-order valence-electron chi connectivity index (χ1n) is 4.06. The molecule has 1 aromatic rings. The highest BCUT2D eigenvalue weighted by Gasteiger charge is 2.33. The molecule has 4 N–H and O–H groups in total. The summed E-state index contributed by atoms with van der Waals surface area (Å²) in [5.74, 6) is 0. The monoisotopic (exact) mass is 208 g/mol. The summed E-state index contributed by atoms with van der Waals surface area (Å²) in [6.07, 6.45) is -4.39. The lowest BCUT2D eigenvalue weighted by Crippen LogP contribution is -2.21. The fraction of sp³-hybridized carbons (Fsp3) is 0.571. The summed E-state index contributed by atoms with van der Waals surface area (Å²) in [5.41, 5.74) is 4.69. The van der Waals surface area contributed by atoms with E-state index in [0.29, 0.717) is 25.3 Å². The highest BCUT2D eigenvalue weighted by atomic mass is 19.4. The fourth-order valence-corrected chi connectivity index (χ4v) is 0.923. The second-order valence-corrected chi connectivity index (χ2v) is 2.74. The van der Waals surface area contributed by atoms with E-state index in [1.165, 1.54) is 0 Å². The predicted molar refractivity (Wildman–Crippen MR) is 44.4 cm³/mol. The maximum atomic E-state index is 12.1. The Balaban J connectivity index is 2.51. The molecule has 14 heavy (non-hydrogen) atoms. The second kappa shape index (κ2) is 4.43. The van der Waals surface area contributed by atoms with Gasteiger partial charge in [-0.25, -0.2) is 0 Å². The molecule has 0 aliphatic carbocycles. The standard InChI is InChI=1S/C7H11F3N4/c8-7(9,10)6-3-5(13-14-6)4-12-2-1-11/h3,12H,1-2,4,11H2,(H,13,14). The van der Waals surface area contributed by atoms with Gasteiger partial charge in [0, 0.05) is 25.3 Å². The maximum absolute atomic E-state index is 12.1. The normalized spacial score (nSPS) is 12.0. The molecule has 80 valence electrons. The van der Waals surface area contributed by atoms with Gasteiger partial charge in [0.15, 0.2) is 5.69 Å². The van der Waals surface area contributed by atoms with Crippen LogP contribution in [0.5, 0.6) is 0 Å². The van der Waals surface area contributed by atoms with Crippen LogP contribution in [-0.4, -0.2) is 23.3 Å². The minimum Gasteiger partial charge on any atom is -0.329 e. The van der Waals surface area contributed by atoms with Crippen molar-refractivity contribution in [3.05, 3.63) is 17.5 Å². The van der Waals surface area contributed by atoms with Gasteiger partial charge in [0.1, 0.15) is 0 Å². The lowest BCUT2D eigenvalue weighted by Gasteiger charge is -1.99. The Morgan fingerprint density at radius 2 is 2.21 bits per heavy atom. The number of H-pyrrole nitrogens is 1. The molecule has 0 aromatic carbocycles. The highest BCUT2D eigenvalue weighted by Crippen LogP contribution is 2.27. The van der Waals surface area contributed by atoms with E-state index in [2.05, 4.69) is 15.5 Å².